The van der Waals surface area contributed by atoms with Crippen molar-refractivity contribution in [2.24, 2.45) is 0 Å². The first kappa shape index (κ1) is 20.3. The van der Waals surface area contributed by atoms with Gasteiger partial charge in [-0.15, -0.1) is 0 Å². The van der Waals surface area contributed by atoms with E-state index in [1.54, 1.807) is 18.2 Å². The SMILES string of the molecule is COc1ccc(C=CC(=O)OCC(=O)Nc2ccc(F)c(Cl)c2)cc1OC. The Bertz CT molecular complexity index is 869. The molecule has 1 N–H and O–H groups in total. The minimum Gasteiger partial charge on any atom is -0.493 e. The summed E-state index contributed by atoms with van der Waals surface area (Å²) >= 11 is 5.63. The second-order valence-electron chi connectivity index (χ2n) is 5.23. The Labute approximate surface area is 160 Å². The zero-order valence-electron chi connectivity index (χ0n) is 14.6. The number of hydrogen-bond donors (Lipinski definition) is 1. The Morgan fingerprint density at radius 3 is 2.52 bits per heavy atom. The molecule has 0 aliphatic rings. The number of nitrogens with one attached hydrogen (secondary N) is 1. The number of esters is 1. The van der Waals surface area contributed by atoms with Crippen LogP contribution in [0.1, 0.15) is 5.56 Å². The van der Waals surface area contributed by atoms with Crippen LogP contribution < -0.4 is 14.8 Å². The molecule has 2 aromatic carbocycles. The maximum Gasteiger partial charge on any atom is 0.331 e. The fourth-order valence-electron chi connectivity index (χ4n) is 2.08. The standard InChI is InChI=1S/C19H17ClFNO5/c1-25-16-7-3-12(9-17(16)26-2)4-8-19(24)27-11-18(23)22-13-5-6-15(21)14(20)10-13/h3-10H,11H2,1-2H3,(H,22,23). The van der Waals surface area contributed by atoms with Crippen LogP contribution in [-0.4, -0.2) is 32.7 Å². The molecule has 2 rings (SSSR count). The van der Waals surface area contributed by atoms with Crippen LogP contribution in [0.4, 0.5) is 10.1 Å². The van der Waals surface area contributed by atoms with Gasteiger partial charge in [0.1, 0.15) is 5.82 Å². The third-order valence-corrected chi connectivity index (χ3v) is 3.66. The first-order valence-corrected chi connectivity index (χ1v) is 8.12. The molecule has 0 spiro atoms. The van der Waals surface area contributed by atoms with E-state index in [1.165, 1.54) is 38.5 Å². The fraction of sp³-hybridized carbons (Fsp3) is 0.158. The van der Waals surface area contributed by atoms with Gasteiger partial charge in [-0.2, -0.15) is 0 Å². The largest absolute Gasteiger partial charge is 0.493 e. The molecule has 8 heteroatoms. The van der Waals surface area contributed by atoms with Crippen LogP contribution in [0.15, 0.2) is 42.5 Å². The summed E-state index contributed by atoms with van der Waals surface area (Å²) < 4.78 is 28.2. The zero-order valence-corrected chi connectivity index (χ0v) is 15.4. The van der Waals surface area contributed by atoms with Gasteiger partial charge < -0.3 is 19.5 Å². The highest BCUT2D eigenvalue weighted by molar-refractivity contribution is 6.31. The summed E-state index contributed by atoms with van der Waals surface area (Å²) in [5.74, 6) is -0.788. The minimum absolute atomic E-state index is 0.123. The van der Waals surface area contributed by atoms with E-state index in [0.29, 0.717) is 22.7 Å². The van der Waals surface area contributed by atoms with Crippen molar-refractivity contribution in [3.8, 4) is 11.5 Å². The molecule has 27 heavy (non-hydrogen) atoms. The molecule has 142 valence electrons. The molecule has 0 radical (unpaired) electrons. The van der Waals surface area contributed by atoms with Gasteiger partial charge in [-0.3, -0.25) is 4.79 Å². The average molecular weight is 394 g/mol. The van der Waals surface area contributed by atoms with Crippen molar-refractivity contribution < 1.29 is 28.2 Å². The van der Waals surface area contributed by atoms with E-state index in [0.717, 1.165) is 6.07 Å². The van der Waals surface area contributed by atoms with Crippen molar-refractivity contribution in [2.75, 3.05) is 26.1 Å². The molecular formula is C19H17ClFNO5. The predicted octanol–water partition coefficient (Wildman–Crippen LogP) is 3.69. The van der Waals surface area contributed by atoms with Crippen LogP contribution in [0.25, 0.3) is 6.08 Å². The lowest BCUT2D eigenvalue weighted by atomic mass is 10.2. The lowest BCUT2D eigenvalue weighted by Gasteiger charge is -2.07. The smallest absolute Gasteiger partial charge is 0.331 e. The van der Waals surface area contributed by atoms with Gasteiger partial charge in [-0.25, -0.2) is 9.18 Å². The summed E-state index contributed by atoms with van der Waals surface area (Å²) in [7, 11) is 3.03. The maximum atomic E-state index is 13.1. The van der Waals surface area contributed by atoms with Gasteiger partial charge >= 0.3 is 5.97 Å². The zero-order chi connectivity index (χ0) is 19.8. The first-order valence-electron chi connectivity index (χ1n) is 7.74. The number of anilines is 1. The number of hydrogen-bond acceptors (Lipinski definition) is 5. The highest BCUT2D eigenvalue weighted by Crippen LogP contribution is 2.28. The van der Waals surface area contributed by atoms with Gasteiger partial charge in [0.25, 0.3) is 5.91 Å². The molecule has 0 saturated carbocycles. The Kier molecular flexibility index (Phi) is 7.19. The number of benzene rings is 2. The molecule has 0 aliphatic heterocycles. The van der Waals surface area contributed by atoms with Crippen molar-refractivity contribution in [1.29, 1.82) is 0 Å². The molecule has 2 aromatic rings. The van der Waals surface area contributed by atoms with Crippen LogP contribution >= 0.6 is 11.6 Å². The summed E-state index contributed by atoms with van der Waals surface area (Å²) in [6, 6.07) is 8.84. The van der Waals surface area contributed by atoms with E-state index in [2.05, 4.69) is 5.32 Å². The molecule has 0 saturated heterocycles. The third kappa shape index (κ3) is 6.00. The average Bonchev–Trinajstić information content (AvgIpc) is 2.67. The molecule has 0 aliphatic carbocycles. The number of ether oxygens (including phenoxy) is 3. The van der Waals surface area contributed by atoms with E-state index in [4.69, 9.17) is 25.8 Å². The van der Waals surface area contributed by atoms with Gasteiger partial charge in [0.2, 0.25) is 0 Å². The van der Waals surface area contributed by atoms with Gasteiger partial charge in [-0.05, 0) is 42.0 Å². The topological polar surface area (TPSA) is 73.9 Å². The van der Waals surface area contributed by atoms with Gasteiger partial charge in [0.05, 0.1) is 19.2 Å². The van der Waals surface area contributed by atoms with E-state index in [9.17, 15) is 14.0 Å². The van der Waals surface area contributed by atoms with Crippen molar-refractivity contribution in [3.05, 3.63) is 58.9 Å². The Morgan fingerprint density at radius 2 is 1.85 bits per heavy atom. The minimum atomic E-state index is -0.697. The number of amides is 1. The summed E-state index contributed by atoms with van der Waals surface area (Å²) in [6.45, 7) is -0.496. The monoisotopic (exact) mass is 393 g/mol. The van der Waals surface area contributed by atoms with E-state index >= 15 is 0 Å². The molecule has 0 heterocycles. The van der Waals surface area contributed by atoms with Crippen molar-refractivity contribution in [3.63, 3.8) is 0 Å². The predicted molar refractivity (Wildman–Crippen MR) is 99.6 cm³/mol. The lowest BCUT2D eigenvalue weighted by molar-refractivity contribution is -0.142. The van der Waals surface area contributed by atoms with Crippen LogP contribution in [-0.2, 0) is 14.3 Å². The van der Waals surface area contributed by atoms with Gasteiger partial charge in [0, 0.05) is 11.8 Å². The van der Waals surface area contributed by atoms with Gasteiger partial charge in [0.15, 0.2) is 18.1 Å². The molecule has 6 nitrogen and oxygen atoms in total. The Balaban J connectivity index is 1.87. The number of carbonyl (C=O) groups is 2. The molecular weight excluding hydrogens is 377 g/mol. The fourth-order valence-corrected chi connectivity index (χ4v) is 2.26. The van der Waals surface area contributed by atoms with Crippen LogP contribution in [0.2, 0.25) is 5.02 Å². The second kappa shape index (κ2) is 9.59. The third-order valence-electron chi connectivity index (χ3n) is 3.37. The normalized spacial score (nSPS) is 10.5. The Morgan fingerprint density at radius 1 is 1.11 bits per heavy atom. The van der Waals surface area contributed by atoms with Crippen LogP contribution in [0, 0.1) is 5.82 Å². The van der Waals surface area contributed by atoms with Crippen LogP contribution in [0.5, 0.6) is 11.5 Å². The summed E-state index contributed by atoms with van der Waals surface area (Å²) in [5, 5.41) is 2.32. The molecule has 0 bridgehead atoms. The number of carbonyl (C=O) groups excluding carboxylic acids is 2. The molecule has 1 amide bonds. The summed E-state index contributed by atoms with van der Waals surface area (Å²) in [5.41, 5.74) is 0.985. The number of rotatable bonds is 7. The highest BCUT2D eigenvalue weighted by Gasteiger charge is 2.08. The lowest BCUT2D eigenvalue weighted by Crippen LogP contribution is -2.20. The van der Waals surface area contributed by atoms with E-state index in [-0.39, 0.29) is 5.02 Å². The summed E-state index contributed by atoms with van der Waals surface area (Å²) in [6.07, 6.45) is 2.70. The number of halogens is 2. The molecule has 0 aromatic heterocycles. The Hall–Kier alpha value is -3.06. The quantitative estimate of drug-likeness (QED) is 0.573. The molecule has 0 unspecified atom stereocenters. The van der Waals surface area contributed by atoms with Crippen molar-refractivity contribution >= 4 is 35.2 Å². The maximum absolute atomic E-state index is 13.1. The van der Waals surface area contributed by atoms with Crippen LogP contribution in [0.3, 0.4) is 0 Å². The highest BCUT2D eigenvalue weighted by atomic mass is 35.5. The summed E-state index contributed by atoms with van der Waals surface area (Å²) in [4.78, 5) is 23.5. The van der Waals surface area contributed by atoms with Gasteiger partial charge in [-0.1, -0.05) is 17.7 Å². The number of methoxy groups -OCH3 is 2. The second-order valence-corrected chi connectivity index (χ2v) is 5.64. The van der Waals surface area contributed by atoms with Crippen molar-refractivity contribution in [2.45, 2.75) is 0 Å². The first-order chi connectivity index (χ1) is 12.9. The van der Waals surface area contributed by atoms with E-state index < -0.39 is 24.3 Å². The molecule has 0 atom stereocenters. The molecule has 0 fully saturated rings. The van der Waals surface area contributed by atoms with E-state index in [1.807, 2.05) is 0 Å². The van der Waals surface area contributed by atoms with Crippen molar-refractivity contribution in [1.82, 2.24) is 0 Å².